The fourth-order valence-electron chi connectivity index (χ4n) is 2.35. The van der Waals surface area contributed by atoms with Gasteiger partial charge in [0.05, 0.1) is 17.8 Å². The van der Waals surface area contributed by atoms with Gasteiger partial charge in [-0.2, -0.15) is 12.6 Å². The largest absolute Gasteiger partial charge is 0.491 e. The van der Waals surface area contributed by atoms with Gasteiger partial charge in [-0.05, 0) is 62.8 Å². The number of hydrogen-bond donors (Lipinski definition) is 2. The van der Waals surface area contributed by atoms with E-state index in [1.807, 2.05) is 58.9 Å². The predicted molar refractivity (Wildman–Crippen MR) is 95.0 cm³/mol. The number of rotatable bonds is 4. The van der Waals surface area contributed by atoms with E-state index in [-0.39, 0.29) is 24.9 Å². The van der Waals surface area contributed by atoms with Crippen LogP contribution in [0, 0.1) is 6.92 Å². The zero-order valence-electron chi connectivity index (χ0n) is 14.0. The molecule has 0 bridgehead atoms. The van der Waals surface area contributed by atoms with Crippen LogP contribution in [0.2, 0.25) is 0 Å². The minimum Gasteiger partial charge on any atom is -0.400 e. The van der Waals surface area contributed by atoms with Crippen LogP contribution in [-0.2, 0) is 15.9 Å². The van der Waals surface area contributed by atoms with Gasteiger partial charge in [-0.1, -0.05) is 18.2 Å². The number of hydrogen-bond acceptors (Lipinski definition) is 4. The minimum absolute atomic E-state index is 0.0419. The first kappa shape index (κ1) is 17.6. The van der Waals surface area contributed by atoms with Gasteiger partial charge in [0.2, 0.25) is 0 Å². The van der Waals surface area contributed by atoms with E-state index in [1.165, 1.54) is 0 Å². The van der Waals surface area contributed by atoms with Gasteiger partial charge in [-0.25, -0.2) is 0 Å². The molecule has 1 fully saturated rings. The molecule has 3 nitrogen and oxygen atoms in total. The lowest BCUT2D eigenvalue weighted by molar-refractivity contribution is 0.00578. The molecule has 0 unspecified atom stereocenters. The third-order valence-corrected chi connectivity index (χ3v) is 5.00. The molecule has 2 rings (SSSR count). The maximum atomic E-state index is 9.40. The minimum atomic E-state index is -0.388. The predicted octanol–water partition coefficient (Wildman–Crippen LogP) is 3.43. The van der Waals surface area contributed by atoms with Crippen molar-refractivity contribution in [3.63, 3.8) is 0 Å². The Morgan fingerprint density at radius 3 is 2.32 bits per heavy atom. The number of aliphatic hydroxyl groups is 1. The monoisotopic (exact) mass is 320 g/mol. The quantitative estimate of drug-likeness (QED) is 0.659. The molecule has 0 radical (unpaired) electrons. The molecule has 120 valence electrons. The van der Waals surface area contributed by atoms with E-state index in [1.54, 1.807) is 0 Å². The van der Waals surface area contributed by atoms with E-state index in [9.17, 15) is 5.11 Å². The summed E-state index contributed by atoms with van der Waals surface area (Å²) in [6, 6.07) is 6.03. The first-order chi connectivity index (χ1) is 10.2. The molecule has 1 aromatic rings. The maximum Gasteiger partial charge on any atom is 0.491 e. The smallest absolute Gasteiger partial charge is 0.400 e. The highest BCUT2D eigenvalue weighted by Gasteiger charge is 2.52. The summed E-state index contributed by atoms with van der Waals surface area (Å²) in [6.07, 6.45) is 2.04. The Bertz CT molecular complexity index is 565. The molecule has 1 N–H and O–H groups in total. The van der Waals surface area contributed by atoms with Gasteiger partial charge in [-0.15, -0.1) is 0 Å². The van der Waals surface area contributed by atoms with Gasteiger partial charge in [0.25, 0.3) is 0 Å². The van der Waals surface area contributed by atoms with E-state index in [0.29, 0.717) is 5.75 Å². The SMILES string of the molecule is Cc1ccc(C=C(CS)B2OC(C)(C)C(C)(C)O2)cc1CO. The van der Waals surface area contributed by atoms with Gasteiger partial charge in [0.15, 0.2) is 0 Å². The van der Waals surface area contributed by atoms with Crippen molar-refractivity contribution >= 4 is 25.8 Å². The second-order valence-electron chi connectivity index (χ2n) is 6.81. The second kappa shape index (κ2) is 6.40. The van der Waals surface area contributed by atoms with Crippen LogP contribution in [0.25, 0.3) is 6.08 Å². The Morgan fingerprint density at radius 1 is 1.23 bits per heavy atom. The molecular weight excluding hydrogens is 295 g/mol. The van der Waals surface area contributed by atoms with E-state index in [2.05, 4.69) is 12.6 Å². The van der Waals surface area contributed by atoms with Gasteiger partial charge in [0.1, 0.15) is 0 Å². The van der Waals surface area contributed by atoms with Gasteiger partial charge >= 0.3 is 7.12 Å². The summed E-state index contributed by atoms with van der Waals surface area (Å²) in [5.41, 5.74) is 3.30. The van der Waals surface area contributed by atoms with E-state index in [0.717, 1.165) is 22.2 Å². The van der Waals surface area contributed by atoms with Crippen molar-refractivity contribution in [1.29, 1.82) is 0 Å². The van der Waals surface area contributed by atoms with E-state index < -0.39 is 0 Å². The molecule has 0 atom stereocenters. The Labute approximate surface area is 139 Å². The van der Waals surface area contributed by atoms with Crippen molar-refractivity contribution in [3.05, 3.63) is 40.4 Å². The highest BCUT2D eigenvalue weighted by Crippen LogP contribution is 2.39. The molecule has 0 aromatic heterocycles. The van der Waals surface area contributed by atoms with Crippen molar-refractivity contribution < 1.29 is 14.4 Å². The van der Waals surface area contributed by atoms with Gasteiger partial charge in [-0.3, -0.25) is 0 Å². The number of benzene rings is 1. The molecule has 1 aliphatic rings. The lowest BCUT2D eigenvalue weighted by atomic mass is 9.78. The van der Waals surface area contributed by atoms with Crippen LogP contribution in [-0.4, -0.2) is 29.2 Å². The van der Waals surface area contributed by atoms with Gasteiger partial charge in [0, 0.05) is 5.75 Å². The molecule has 1 saturated heterocycles. The number of thiol groups is 1. The van der Waals surface area contributed by atoms with E-state index in [4.69, 9.17) is 9.31 Å². The third kappa shape index (κ3) is 3.43. The van der Waals surface area contributed by atoms with Crippen LogP contribution in [0.5, 0.6) is 0 Å². The molecule has 0 amide bonds. The van der Waals surface area contributed by atoms with Crippen LogP contribution in [0.3, 0.4) is 0 Å². The van der Waals surface area contributed by atoms with Crippen molar-refractivity contribution in [2.75, 3.05) is 5.75 Å². The summed E-state index contributed by atoms with van der Waals surface area (Å²) in [4.78, 5) is 0. The van der Waals surface area contributed by atoms with Gasteiger partial charge < -0.3 is 14.4 Å². The summed E-state index contributed by atoms with van der Waals surface area (Å²) in [5.74, 6) is 0.555. The lowest BCUT2D eigenvalue weighted by Gasteiger charge is -2.32. The average molecular weight is 320 g/mol. The van der Waals surface area contributed by atoms with E-state index >= 15 is 0 Å². The molecule has 0 spiro atoms. The normalized spacial score (nSPS) is 20.5. The Balaban J connectivity index is 2.29. The molecule has 1 aromatic carbocycles. The standard InChI is InChI=1S/C17H25BO3S/c1-12-6-7-13(8-14(12)10-19)9-15(11-22)18-20-16(2,3)17(4,5)21-18/h6-9,19,22H,10-11H2,1-5H3. The molecule has 5 heteroatoms. The fourth-order valence-corrected chi connectivity index (χ4v) is 2.59. The topological polar surface area (TPSA) is 38.7 Å². The molecule has 22 heavy (non-hydrogen) atoms. The Hall–Kier alpha value is -0.745. The van der Waals surface area contributed by atoms with Crippen molar-refractivity contribution in [2.45, 2.75) is 52.4 Å². The summed E-state index contributed by atoms with van der Waals surface area (Å²) in [7, 11) is -0.388. The number of aryl methyl sites for hydroxylation is 1. The third-order valence-electron chi connectivity index (χ3n) is 4.63. The summed E-state index contributed by atoms with van der Waals surface area (Å²) in [5, 5.41) is 9.40. The molecule has 1 heterocycles. The maximum absolute atomic E-state index is 9.40. The molecule has 1 aliphatic heterocycles. The molecule has 0 saturated carbocycles. The second-order valence-corrected chi connectivity index (χ2v) is 7.13. The van der Waals surface area contributed by atoms with Crippen LogP contribution in [0.15, 0.2) is 23.7 Å². The zero-order chi connectivity index (χ0) is 16.5. The first-order valence-corrected chi connectivity index (χ1v) is 8.21. The van der Waals surface area contributed by atoms with Crippen LogP contribution < -0.4 is 0 Å². The summed E-state index contributed by atoms with van der Waals surface area (Å²) >= 11 is 4.43. The van der Waals surface area contributed by atoms with Crippen molar-refractivity contribution in [1.82, 2.24) is 0 Å². The average Bonchev–Trinajstić information content (AvgIpc) is 2.66. The summed E-state index contributed by atoms with van der Waals surface area (Å²) in [6.45, 7) is 10.2. The van der Waals surface area contributed by atoms with Crippen LogP contribution in [0.1, 0.15) is 44.4 Å². The first-order valence-electron chi connectivity index (χ1n) is 7.57. The van der Waals surface area contributed by atoms with Crippen LogP contribution in [0.4, 0.5) is 0 Å². The zero-order valence-corrected chi connectivity index (χ0v) is 14.9. The molecular formula is C17H25BO3S. The Kier molecular flexibility index (Phi) is 5.12. The lowest BCUT2D eigenvalue weighted by Crippen LogP contribution is -2.41. The molecule has 0 aliphatic carbocycles. The fraction of sp³-hybridized carbons (Fsp3) is 0.529. The summed E-state index contributed by atoms with van der Waals surface area (Å²) < 4.78 is 12.2. The van der Waals surface area contributed by atoms with Crippen molar-refractivity contribution in [2.24, 2.45) is 0 Å². The van der Waals surface area contributed by atoms with Crippen molar-refractivity contribution in [3.8, 4) is 0 Å². The Morgan fingerprint density at radius 2 is 1.82 bits per heavy atom. The van der Waals surface area contributed by atoms with Crippen LogP contribution >= 0.6 is 12.6 Å². The number of aliphatic hydroxyl groups excluding tert-OH is 1. The highest BCUT2D eigenvalue weighted by molar-refractivity contribution is 7.80. The highest BCUT2D eigenvalue weighted by atomic mass is 32.1.